The number of carbonyl (C=O) groups excluding carboxylic acids is 1. The minimum atomic E-state index is -1.04. The average molecular weight is 316 g/mol. The molecule has 0 aromatic heterocycles. The molecule has 126 valence electrons. The zero-order valence-electron chi connectivity index (χ0n) is 14.5. The molecule has 23 heavy (non-hydrogen) atoms. The van der Waals surface area contributed by atoms with Crippen molar-refractivity contribution in [1.82, 2.24) is 5.32 Å². The van der Waals surface area contributed by atoms with Crippen molar-refractivity contribution in [2.24, 2.45) is 0 Å². The lowest BCUT2D eigenvalue weighted by Crippen LogP contribution is -2.26. The number of anilines is 1. The van der Waals surface area contributed by atoms with Crippen LogP contribution in [0.5, 0.6) is 0 Å². The Morgan fingerprint density at radius 2 is 1.96 bits per heavy atom. The third-order valence-corrected chi connectivity index (χ3v) is 3.02. The summed E-state index contributed by atoms with van der Waals surface area (Å²) in [6.07, 6.45) is 5.08. The molecule has 0 bridgehead atoms. The van der Waals surface area contributed by atoms with Crippen LogP contribution in [0.3, 0.4) is 0 Å². The lowest BCUT2D eigenvalue weighted by Gasteiger charge is -2.20. The molecule has 0 fully saturated rings. The molecule has 1 rings (SSSR count). The second-order valence-corrected chi connectivity index (χ2v) is 5.23. The van der Waals surface area contributed by atoms with Gasteiger partial charge in [-0.05, 0) is 31.6 Å². The number of amides is 1. The lowest BCUT2D eigenvalue weighted by molar-refractivity contribution is 0.0792. The molecule has 0 radical (unpaired) electrons. The third-order valence-electron chi connectivity index (χ3n) is 3.02. The molecule has 0 aliphatic rings. The minimum absolute atomic E-state index is 0.235. The number of carbonyl (C=O) groups is 1. The summed E-state index contributed by atoms with van der Waals surface area (Å²) in [5.41, 5.74) is 7.15. The van der Waals surface area contributed by atoms with Crippen LogP contribution in [0.1, 0.15) is 43.6 Å². The highest BCUT2D eigenvalue weighted by Crippen LogP contribution is 2.26. The quantitative estimate of drug-likeness (QED) is 0.555. The van der Waals surface area contributed by atoms with Gasteiger partial charge in [-0.3, -0.25) is 4.79 Å². The van der Waals surface area contributed by atoms with Gasteiger partial charge in [0.25, 0.3) is 5.91 Å². The second-order valence-electron chi connectivity index (χ2n) is 5.23. The van der Waals surface area contributed by atoms with Gasteiger partial charge in [0.1, 0.15) is 0 Å². The molecule has 0 spiro atoms. The van der Waals surface area contributed by atoms with Gasteiger partial charge in [0.05, 0.1) is 5.60 Å². The summed E-state index contributed by atoms with van der Waals surface area (Å²) >= 11 is 0. The smallest absolute Gasteiger partial charge is 0.251 e. The van der Waals surface area contributed by atoms with Crippen molar-refractivity contribution in [2.45, 2.75) is 33.3 Å². The highest BCUT2D eigenvalue weighted by atomic mass is 16.3. The molecular weight excluding hydrogens is 288 g/mol. The van der Waals surface area contributed by atoms with E-state index < -0.39 is 5.60 Å². The molecule has 4 heteroatoms. The van der Waals surface area contributed by atoms with Crippen LogP contribution in [-0.2, 0) is 5.60 Å². The number of aliphatic hydroxyl groups is 1. The number of nitrogens with two attached hydrogens (primary N) is 1. The molecule has 0 heterocycles. The molecule has 0 saturated carbocycles. The second kappa shape index (κ2) is 9.64. The molecule has 0 unspecified atom stereocenters. The van der Waals surface area contributed by atoms with E-state index in [4.69, 9.17) is 5.73 Å². The average Bonchev–Trinajstić information content (AvgIpc) is 2.51. The van der Waals surface area contributed by atoms with Gasteiger partial charge in [-0.2, -0.15) is 0 Å². The number of hydrogen-bond donors (Lipinski definition) is 3. The maximum atomic E-state index is 12.1. The number of hydrogen-bond acceptors (Lipinski definition) is 3. The van der Waals surface area contributed by atoms with Crippen molar-refractivity contribution >= 4 is 11.6 Å². The van der Waals surface area contributed by atoms with E-state index in [-0.39, 0.29) is 5.91 Å². The summed E-state index contributed by atoms with van der Waals surface area (Å²) < 4.78 is 0. The molecule has 1 aromatic carbocycles. The Bertz CT molecular complexity index is 582. The summed E-state index contributed by atoms with van der Waals surface area (Å²) in [4.78, 5) is 12.1. The lowest BCUT2D eigenvalue weighted by atomic mass is 9.95. The van der Waals surface area contributed by atoms with Crippen LogP contribution in [0.15, 0.2) is 55.2 Å². The van der Waals surface area contributed by atoms with E-state index in [0.717, 1.165) is 5.57 Å². The Morgan fingerprint density at radius 1 is 1.35 bits per heavy atom. The first-order chi connectivity index (χ1) is 10.8. The Balaban J connectivity index is 0.00000232. The van der Waals surface area contributed by atoms with E-state index >= 15 is 0 Å². The van der Waals surface area contributed by atoms with Gasteiger partial charge in [-0.15, -0.1) is 0 Å². The van der Waals surface area contributed by atoms with Crippen LogP contribution >= 0.6 is 0 Å². The maximum absolute atomic E-state index is 12.1. The largest absolute Gasteiger partial charge is 0.398 e. The first-order valence-electron chi connectivity index (χ1n) is 7.64. The van der Waals surface area contributed by atoms with Crippen molar-refractivity contribution in [3.63, 3.8) is 0 Å². The molecule has 0 saturated heterocycles. The van der Waals surface area contributed by atoms with E-state index in [1.165, 1.54) is 0 Å². The predicted molar refractivity (Wildman–Crippen MR) is 98.3 cm³/mol. The monoisotopic (exact) mass is 316 g/mol. The summed E-state index contributed by atoms with van der Waals surface area (Å²) in [5.74, 6) is -0.235. The zero-order valence-corrected chi connectivity index (χ0v) is 14.5. The van der Waals surface area contributed by atoms with E-state index in [1.54, 1.807) is 50.3 Å². The summed E-state index contributed by atoms with van der Waals surface area (Å²) in [6.45, 7) is 14.9. The van der Waals surface area contributed by atoms with Crippen LogP contribution in [0.2, 0.25) is 0 Å². The van der Waals surface area contributed by atoms with Gasteiger partial charge in [0, 0.05) is 23.4 Å². The SMILES string of the molecule is C=C/C=C(\C=C)CNC(=O)c1ccc(C(C)(C)O)c(N)c1.CC. The number of allylic oxidation sites excluding steroid dienone is 2. The Hall–Kier alpha value is -2.33. The van der Waals surface area contributed by atoms with E-state index in [2.05, 4.69) is 18.5 Å². The van der Waals surface area contributed by atoms with Gasteiger partial charge >= 0.3 is 0 Å². The molecule has 4 N–H and O–H groups in total. The van der Waals surface area contributed by atoms with Gasteiger partial charge in [-0.1, -0.05) is 51.3 Å². The standard InChI is InChI=1S/C17H22N2O2.C2H6/c1-5-7-12(6-2)11-19-16(20)13-8-9-14(15(18)10-13)17(3,4)21;1-2/h5-10,21H,1-2,11,18H2,3-4H3,(H,19,20);1-2H3/b12-7+;. The van der Waals surface area contributed by atoms with E-state index in [0.29, 0.717) is 23.4 Å². The van der Waals surface area contributed by atoms with Gasteiger partial charge in [0.15, 0.2) is 0 Å². The van der Waals surface area contributed by atoms with Gasteiger partial charge in [-0.25, -0.2) is 0 Å². The fourth-order valence-electron chi connectivity index (χ4n) is 1.90. The van der Waals surface area contributed by atoms with Gasteiger partial charge < -0.3 is 16.2 Å². The van der Waals surface area contributed by atoms with Crippen molar-refractivity contribution in [1.29, 1.82) is 0 Å². The summed E-state index contributed by atoms with van der Waals surface area (Å²) in [7, 11) is 0. The van der Waals surface area contributed by atoms with E-state index in [1.807, 2.05) is 13.8 Å². The summed E-state index contributed by atoms with van der Waals surface area (Å²) in [6, 6.07) is 4.87. The summed E-state index contributed by atoms with van der Waals surface area (Å²) in [5, 5.41) is 12.7. The Kier molecular flexibility index (Phi) is 8.66. The van der Waals surface area contributed by atoms with Crippen LogP contribution in [0, 0.1) is 0 Å². The highest BCUT2D eigenvalue weighted by molar-refractivity contribution is 5.95. The first kappa shape index (κ1) is 20.7. The van der Waals surface area contributed by atoms with Crippen LogP contribution in [0.4, 0.5) is 5.69 Å². The number of nitrogens with one attached hydrogen (secondary N) is 1. The van der Waals surface area contributed by atoms with Gasteiger partial charge in [0.2, 0.25) is 0 Å². The third kappa shape index (κ3) is 6.53. The molecule has 1 aromatic rings. The Labute approximate surface area is 139 Å². The van der Waals surface area contributed by atoms with Crippen molar-refractivity contribution in [3.8, 4) is 0 Å². The predicted octanol–water partition coefficient (Wildman–Crippen LogP) is 3.55. The van der Waals surface area contributed by atoms with Crippen LogP contribution in [-0.4, -0.2) is 17.6 Å². The number of rotatable bonds is 6. The first-order valence-corrected chi connectivity index (χ1v) is 7.64. The molecule has 0 atom stereocenters. The van der Waals surface area contributed by atoms with Crippen molar-refractivity contribution in [2.75, 3.05) is 12.3 Å². The molecule has 1 amide bonds. The topological polar surface area (TPSA) is 75.3 Å². The van der Waals surface area contributed by atoms with Crippen molar-refractivity contribution < 1.29 is 9.90 Å². The van der Waals surface area contributed by atoms with Crippen molar-refractivity contribution in [3.05, 3.63) is 66.3 Å². The molecule has 4 nitrogen and oxygen atoms in total. The molecular formula is C19H28N2O2. The van der Waals surface area contributed by atoms with Crippen LogP contribution in [0.25, 0.3) is 0 Å². The normalized spacial score (nSPS) is 11.1. The zero-order chi connectivity index (χ0) is 18.0. The van der Waals surface area contributed by atoms with E-state index in [9.17, 15) is 9.90 Å². The fourth-order valence-corrected chi connectivity index (χ4v) is 1.90. The fraction of sp³-hybridized carbons (Fsp3) is 0.316. The number of nitrogen functional groups attached to an aromatic ring is 1. The minimum Gasteiger partial charge on any atom is -0.398 e. The van der Waals surface area contributed by atoms with Crippen LogP contribution < -0.4 is 11.1 Å². The molecule has 0 aliphatic heterocycles. The Morgan fingerprint density at radius 3 is 2.39 bits per heavy atom. The molecule has 0 aliphatic carbocycles. The number of benzene rings is 1. The maximum Gasteiger partial charge on any atom is 0.251 e. The highest BCUT2D eigenvalue weighted by Gasteiger charge is 2.20.